The van der Waals surface area contributed by atoms with Crippen molar-refractivity contribution < 1.29 is 43.3 Å². The lowest BCUT2D eigenvalue weighted by Gasteiger charge is -2.41. The van der Waals surface area contributed by atoms with Crippen molar-refractivity contribution >= 4 is 82.6 Å². The molecular weight excluding hydrogens is 1210 g/mol. The summed E-state index contributed by atoms with van der Waals surface area (Å²) in [5.41, 5.74) is 11.6. The fraction of sp³-hybridized carbons (Fsp3) is 0.553. The number of carboxylic acids is 1. The maximum Gasteiger partial charge on any atom is 0.307 e. The lowest BCUT2D eigenvalue weighted by molar-refractivity contribution is -0.145. The number of aliphatic carboxylic acids is 1. The largest absolute Gasteiger partial charge is 0.481 e. The highest BCUT2D eigenvalue weighted by atomic mass is 35.5. The van der Waals surface area contributed by atoms with E-state index in [4.69, 9.17) is 49.4 Å². The summed E-state index contributed by atoms with van der Waals surface area (Å²) in [6.07, 6.45) is 27.5. The highest BCUT2D eigenvalue weighted by Gasteiger charge is 2.43. The average molecular weight is 1310 g/mol. The quantitative estimate of drug-likeness (QED) is 0.103. The lowest BCUT2D eigenvalue weighted by Crippen LogP contribution is -2.42. The maximum atomic E-state index is 13.0. The van der Waals surface area contributed by atoms with Crippen LogP contribution in [0, 0.1) is 23.7 Å². The molecule has 0 unspecified atom stereocenters. The van der Waals surface area contributed by atoms with Crippen LogP contribution >= 0.6 is 34.8 Å². The van der Waals surface area contributed by atoms with Gasteiger partial charge in [0, 0.05) is 88.8 Å². The van der Waals surface area contributed by atoms with Gasteiger partial charge in [0.05, 0.1) is 32.5 Å². The molecule has 0 spiro atoms. The van der Waals surface area contributed by atoms with Crippen LogP contribution in [0.5, 0.6) is 0 Å². The number of halogens is 3. The molecule has 0 saturated heterocycles. The van der Waals surface area contributed by atoms with E-state index in [2.05, 4.69) is 117 Å². The number of hydrogen-bond acceptors (Lipinski definition) is 8. The summed E-state index contributed by atoms with van der Waals surface area (Å²) in [6.45, 7) is 24.3. The third kappa shape index (κ3) is 18.7. The Balaban J connectivity index is 0.000000194. The van der Waals surface area contributed by atoms with E-state index in [1.807, 2.05) is 30.7 Å². The van der Waals surface area contributed by atoms with E-state index in [-0.39, 0.29) is 73.2 Å². The van der Waals surface area contributed by atoms with Gasteiger partial charge in [0.2, 0.25) is 17.7 Å². The Morgan fingerprint density at radius 3 is 1.19 bits per heavy atom. The van der Waals surface area contributed by atoms with Crippen LogP contribution in [-0.4, -0.2) is 88.3 Å². The molecule has 12 nitrogen and oxygen atoms in total. The molecule has 3 aromatic carbocycles. The van der Waals surface area contributed by atoms with Gasteiger partial charge < -0.3 is 29.3 Å². The summed E-state index contributed by atoms with van der Waals surface area (Å²) >= 11 is 20.1. The van der Waals surface area contributed by atoms with Crippen molar-refractivity contribution in [2.24, 2.45) is 23.7 Å². The topological polar surface area (TPSA) is 151 Å². The van der Waals surface area contributed by atoms with Crippen molar-refractivity contribution in [3.05, 3.63) is 150 Å². The fourth-order valence-corrected chi connectivity index (χ4v) is 15.2. The molecule has 91 heavy (non-hydrogen) atoms. The second-order valence-electron chi connectivity index (χ2n) is 27.4. The summed E-state index contributed by atoms with van der Waals surface area (Å²) in [5, 5.41) is 11.2. The van der Waals surface area contributed by atoms with Crippen LogP contribution < -0.4 is 0 Å². The Hall–Kier alpha value is -5.95. The lowest BCUT2D eigenvalue weighted by atomic mass is 9.68. The second-order valence-corrected chi connectivity index (χ2v) is 28.6. The van der Waals surface area contributed by atoms with Gasteiger partial charge in [-0.05, 0) is 164 Å². The Morgan fingerprint density at radius 2 is 0.868 bits per heavy atom. The van der Waals surface area contributed by atoms with E-state index < -0.39 is 22.2 Å². The van der Waals surface area contributed by atoms with Crippen LogP contribution in [0.15, 0.2) is 101 Å². The van der Waals surface area contributed by atoms with Gasteiger partial charge in [-0.15, -0.1) is 0 Å². The minimum Gasteiger partial charge on any atom is -0.481 e. The van der Waals surface area contributed by atoms with Crippen LogP contribution in [-0.2, 0) is 60.9 Å². The molecule has 3 aliphatic heterocycles. The first-order valence-electron chi connectivity index (χ1n) is 33.5. The molecule has 494 valence electrons. The molecule has 3 aliphatic carbocycles. The number of esters is 2. The van der Waals surface area contributed by atoms with E-state index in [0.717, 1.165) is 81.5 Å². The molecule has 15 heteroatoms. The summed E-state index contributed by atoms with van der Waals surface area (Å²) in [7, 11) is 0. The Labute approximate surface area is 557 Å². The Morgan fingerprint density at radius 1 is 0.527 bits per heavy atom. The predicted octanol–water partition coefficient (Wildman–Crippen LogP) is 18.1. The molecule has 0 bridgehead atoms. The summed E-state index contributed by atoms with van der Waals surface area (Å²) in [4.78, 5) is 78.1. The van der Waals surface area contributed by atoms with Gasteiger partial charge in [-0.3, -0.25) is 28.8 Å². The van der Waals surface area contributed by atoms with Crippen molar-refractivity contribution in [1.29, 1.82) is 0 Å². The van der Waals surface area contributed by atoms with Gasteiger partial charge in [0.25, 0.3) is 0 Å². The van der Waals surface area contributed by atoms with Gasteiger partial charge in [-0.2, -0.15) is 0 Å². The van der Waals surface area contributed by atoms with Crippen LogP contribution in [0.25, 0.3) is 12.2 Å². The van der Waals surface area contributed by atoms with Crippen molar-refractivity contribution in [2.75, 3.05) is 32.8 Å². The number of benzene rings is 3. The summed E-state index contributed by atoms with van der Waals surface area (Å²) in [5.74, 6) is 0.0356. The number of nitrogens with zero attached hydrogens (tertiary/aromatic N) is 3. The van der Waals surface area contributed by atoms with Gasteiger partial charge >= 0.3 is 17.9 Å². The Kier molecular flexibility index (Phi) is 26.1. The second kappa shape index (κ2) is 32.7. The number of carbonyl (C=O) groups is 6. The van der Waals surface area contributed by atoms with Crippen molar-refractivity contribution in [1.82, 2.24) is 14.7 Å². The van der Waals surface area contributed by atoms with Gasteiger partial charge in [0.15, 0.2) is 0 Å². The van der Waals surface area contributed by atoms with E-state index in [1.54, 1.807) is 28.5 Å². The first-order valence-corrected chi connectivity index (χ1v) is 34.7. The van der Waals surface area contributed by atoms with E-state index >= 15 is 0 Å². The third-order valence-corrected chi connectivity index (χ3v) is 20.6. The van der Waals surface area contributed by atoms with Crippen LogP contribution in [0.1, 0.15) is 225 Å². The number of ether oxygens (including phenoxy) is 2. The first-order chi connectivity index (χ1) is 43.2. The zero-order chi connectivity index (χ0) is 66.4. The molecule has 3 atom stereocenters. The zero-order valence-corrected chi connectivity index (χ0v) is 58.3. The zero-order valence-electron chi connectivity index (χ0n) is 56.1. The predicted molar refractivity (Wildman–Crippen MR) is 367 cm³/mol. The molecule has 3 fully saturated rings. The molecule has 6 aliphatic rings. The number of carboxylic acid groups (broad SMARTS) is 1. The third-order valence-electron chi connectivity index (χ3n) is 19.6. The molecule has 3 saturated carbocycles. The SMILES string of the molecule is CC(C)C1=CN(CCC(=O)O)C(=O)C[C@@]1(C)c1ccc(C=C2CCCC2)c(Cl)c1.CCOC(=O)CCN1C=C(C(C)C)[C@](C)(c2ccc(C=C3CCCC3)c(Cl)c2)CC1=O.CCOC(=O)CCN1C=C(C(C)C)[C@](C)(c2ccc(CC3CCCC3)c(Cl)c2)CC1=O. The van der Waals surface area contributed by atoms with E-state index in [9.17, 15) is 28.8 Å². The standard InChI is InChI=1S/C26H36ClNO3.C26H34ClNO3.C24H30ClNO3/c2*1-5-31-25(30)12-13-28-17-22(18(2)3)26(4,16-24(28)29)21-11-10-20(23(27)15-21)14-19-8-6-7-9-19;1-16(2)20-15-26(11-10-23(28)29)22(27)14-24(20,3)19-9-8-18(21(25)13-19)12-17-6-4-5-7-17/h10-11,15,17-19H,5-9,12-14,16H2,1-4H3;10-11,14-15,17-18H,5-9,12-13,16H2,1-4H3;8-9,12-13,15-16H,4-7,10-11,14H2,1-3H3,(H,28,29)/t2*26-;24-/m000/s1. The minimum absolute atomic E-state index is 0.0180. The fourth-order valence-electron chi connectivity index (χ4n) is 14.4. The number of hydrogen-bond donors (Lipinski definition) is 1. The molecule has 3 aromatic rings. The first kappa shape index (κ1) is 72.5. The average Bonchev–Trinajstić information content (AvgIpc) is 1.20. The van der Waals surface area contributed by atoms with Crippen LogP contribution in [0.2, 0.25) is 15.1 Å². The minimum atomic E-state index is -0.899. The molecular formula is C76H100Cl3N3O9. The smallest absolute Gasteiger partial charge is 0.307 e. The molecule has 3 heterocycles. The Bertz CT molecular complexity index is 3280. The number of carbonyl (C=O) groups excluding carboxylic acids is 5. The van der Waals surface area contributed by atoms with Crippen LogP contribution in [0.4, 0.5) is 0 Å². The monoisotopic (exact) mass is 1300 g/mol. The van der Waals surface area contributed by atoms with Gasteiger partial charge in [-0.1, -0.05) is 182 Å². The number of amides is 3. The van der Waals surface area contributed by atoms with E-state index in [1.165, 1.54) is 79.2 Å². The summed E-state index contributed by atoms with van der Waals surface area (Å²) < 4.78 is 10.0. The van der Waals surface area contributed by atoms with Gasteiger partial charge in [0.1, 0.15) is 0 Å². The molecule has 1 N–H and O–H groups in total. The van der Waals surface area contributed by atoms with Gasteiger partial charge in [-0.25, -0.2) is 0 Å². The molecule has 0 radical (unpaired) electrons. The highest BCUT2D eigenvalue weighted by Crippen LogP contribution is 2.47. The van der Waals surface area contributed by atoms with E-state index in [0.29, 0.717) is 50.6 Å². The van der Waals surface area contributed by atoms with Crippen molar-refractivity contribution in [3.63, 3.8) is 0 Å². The number of allylic oxidation sites excluding steroid dienone is 5. The molecule has 3 amide bonds. The summed E-state index contributed by atoms with van der Waals surface area (Å²) in [6, 6.07) is 18.8. The highest BCUT2D eigenvalue weighted by molar-refractivity contribution is 6.32. The molecule has 9 rings (SSSR count). The van der Waals surface area contributed by atoms with Crippen molar-refractivity contribution in [3.8, 4) is 0 Å². The number of rotatable bonds is 21. The maximum absolute atomic E-state index is 13.0. The molecule has 0 aromatic heterocycles. The normalized spacial score (nSPS) is 22.0. The van der Waals surface area contributed by atoms with Crippen LogP contribution in [0.3, 0.4) is 0 Å². The van der Waals surface area contributed by atoms with Crippen molar-refractivity contribution in [2.45, 2.75) is 214 Å².